The Morgan fingerprint density at radius 1 is 1.03 bits per heavy atom. The monoisotopic (exact) mass is 411 g/mol. The molecule has 1 atom stereocenters. The summed E-state index contributed by atoms with van der Waals surface area (Å²) in [6, 6.07) is 18.6. The third-order valence-electron chi connectivity index (χ3n) is 5.51. The highest BCUT2D eigenvalue weighted by atomic mass is 16.5. The van der Waals surface area contributed by atoms with Gasteiger partial charge < -0.3 is 14.7 Å². The van der Waals surface area contributed by atoms with Crippen LogP contribution in [-0.4, -0.2) is 42.2 Å². The van der Waals surface area contributed by atoms with Crippen LogP contribution in [-0.2, 0) is 17.6 Å². The number of aliphatic carboxylic acids is 1. The van der Waals surface area contributed by atoms with Crippen LogP contribution in [0.5, 0.6) is 5.75 Å². The third-order valence-corrected chi connectivity index (χ3v) is 5.51. The Hall–Kier alpha value is -2.33. The van der Waals surface area contributed by atoms with Gasteiger partial charge in [0.05, 0.1) is 0 Å². The van der Waals surface area contributed by atoms with Gasteiger partial charge in [-0.25, -0.2) is 4.79 Å². The van der Waals surface area contributed by atoms with Crippen molar-refractivity contribution in [2.75, 3.05) is 26.2 Å². The topological polar surface area (TPSA) is 49.8 Å². The Balaban J connectivity index is 0.00000155. The van der Waals surface area contributed by atoms with E-state index in [-0.39, 0.29) is 6.61 Å². The molecule has 0 spiro atoms. The quantitative estimate of drug-likeness (QED) is 0.607. The molecule has 0 amide bonds. The van der Waals surface area contributed by atoms with Gasteiger partial charge in [-0.15, -0.1) is 0 Å². The van der Waals surface area contributed by atoms with E-state index in [1.54, 1.807) is 0 Å². The molecule has 1 N–H and O–H groups in total. The van der Waals surface area contributed by atoms with Gasteiger partial charge in [0.2, 0.25) is 0 Å². The molecule has 1 aliphatic rings. The van der Waals surface area contributed by atoms with Crippen molar-refractivity contribution in [2.24, 2.45) is 11.8 Å². The molecule has 0 unspecified atom stereocenters. The summed E-state index contributed by atoms with van der Waals surface area (Å²) < 4.78 is 5.19. The number of likely N-dealkylation sites (tertiary alicyclic amines) is 1. The summed E-state index contributed by atoms with van der Waals surface area (Å²) in [5, 5.41) is 8.66. The molecule has 2 aromatic carbocycles. The normalized spacial score (nSPS) is 15.7. The van der Waals surface area contributed by atoms with E-state index in [0.717, 1.165) is 18.9 Å². The Morgan fingerprint density at radius 3 is 2.27 bits per heavy atom. The molecule has 0 saturated carbocycles. The first-order valence-electron chi connectivity index (χ1n) is 11.3. The van der Waals surface area contributed by atoms with Crippen LogP contribution in [0, 0.1) is 11.8 Å². The summed E-state index contributed by atoms with van der Waals surface area (Å²) in [4.78, 5) is 13.2. The molecule has 30 heavy (non-hydrogen) atoms. The fraction of sp³-hybridized carbons (Fsp3) is 0.500. The van der Waals surface area contributed by atoms with E-state index in [1.165, 1.54) is 43.5 Å². The first kappa shape index (κ1) is 23.9. The molecule has 1 aliphatic heterocycles. The van der Waals surface area contributed by atoms with Crippen LogP contribution in [0.25, 0.3) is 0 Å². The number of rotatable bonds is 9. The lowest BCUT2D eigenvalue weighted by atomic mass is 9.89. The summed E-state index contributed by atoms with van der Waals surface area (Å²) >= 11 is 0. The van der Waals surface area contributed by atoms with Crippen LogP contribution in [0.2, 0.25) is 0 Å². The highest BCUT2D eigenvalue weighted by molar-refractivity contribution is 5.68. The van der Waals surface area contributed by atoms with Crippen LogP contribution < -0.4 is 4.74 Å². The zero-order chi connectivity index (χ0) is 21.8. The van der Waals surface area contributed by atoms with Gasteiger partial charge in [-0.05, 0) is 73.9 Å². The minimum absolute atomic E-state index is 0.296. The predicted octanol–water partition coefficient (Wildman–Crippen LogP) is 5.31. The van der Waals surface area contributed by atoms with Crippen molar-refractivity contribution in [3.63, 3.8) is 0 Å². The Bertz CT molecular complexity index is 722. The highest BCUT2D eigenvalue weighted by Gasteiger charge is 2.20. The van der Waals surface area contributed by atoms with Gasteiger partial charge in [-0.3, -0.25) is 0 Å². The zero-order valence-electron chi connectivity index (χ0n) is 18.7. The molecule has 1 fully saturated rings. The van der Waals surface area contributed by atoms with Crippen LogP contribution in [0.4, 0.5) is 0 Å². The second-order valence-electron chi connectivity index (χ2n) is 8.07. The second kappa shape index (κ2) is 13.1. The lowest BCUT2D eigenvalue weighted by Gasteiger charge is -2.33. The van der Waals surface area contributed by atoms with E-state index >= 15 is 0 Å². The first-order chi connectivity index (χ1) is 14.6. The molecule has 2 aromatic rings. The molecule has 0 radical (unpaired) electrons. The Morgan fingerprint density at radius 2 is 1.67 bits per heavy atom. The minimum atomic E-state index is -0.953. The fourth-order valence-electron chi connectivity index (χ4n) is 4.10. The molecule has 164 valence electrons. The number of carboxylic acid groups (broad SMARTS) is 1. The number of hydrogen-bond donors (Lipinski definition) is 1. The molecule has 0 aliphatic carbocycles. The maximum Gasteiger partial charge on any atom is 0.341 e. The van der Waals surface area contributed by atoms with E-state index in [1.807, 2.05) is 38.1 Å². The molecular formula is C26H37NO3. The third kappa shape index (κ3) is 8.58. The largest absolute Gasteiger partial charge is 0.482 e. The summed E-state index contributed by atoms with van der Waals surface area (Å²) in [6.45, 7) is 9.55. The molecular weight excluding hydrogens is 374 g/mol. The van der Waals surface area contributed by atoms with Gasteiger partial charge in [0.25, 0.3) is 0 Å². The Kier molecular flexibility index (Phi) is 10.4. The molecule has 1 saturated heterocycles. The maximum absolute atomic E-state index is 10.6. The molecule has 0 aromatic heterocycles. The van der Waals surface area contributed by atoms with Crippen LogP contribution in [0.3, 0.4) is 0 Å². The molecule has 3 rings (SSSR count). The lowest BCUT2D eigenvalue weighted by molar-refractivity contribution is -0.139. The van der Waals surface area contributed by atoms with E-state index in [2.05, 4.69) is 42.2 Å². The Labute approximate surface area is 181 Å². The number of nitrogens with zero attached hydrogens (tertiary/aromatic N) is 1. The lowest BCUT2D eigenvalue weighted by Crippen LogP contribution is -2.37. The SMILES string of the molecule is CC.C[C@H](Cc1ccc(OCC(=O)O)cc1)CN1CCC(Cc2ccccc2)CC1. The fourth-order valence-corrected chi connectivity index (χ4v) is 4.10. The molecule has 4 nitrogen and oxygen atoms in total. The van der Waals surface area contributed by atoms with Crippen LogP contribution in [0.1, 0.15) is 44.7 Å². The van der Waals surface area contributed by atoms with Gasteiger partial charge in [0, 0.05) is 6.54 Å². The van der Waals surface area contributed by atoms with Gasteiger partial charge in [0.1, 0.15) is 5.75 Å². The number of carbonyl (C=O) groups is 1. The van der Waals surface area contributed by atoms with E-state index in [0.29, 0.717) is 11.7 Å². The number of hydrogen-bond acceptors (Lipinski definition) is 3. The minimum Gasteiger partial charge on any atom is -0.482 e. The van der Waals surface area contributed by atoms with Crippen LogP contribution >= 0.6 is 0 Å². The zero-order valence-corrected chi connectivity index (χ0v) is 18.7. The molecule has 0 bridgehead atoms. The number of piperidine rings is 1. The number of ether oxygens (including phenoxy) is 1. The smallest absolute Gasteiger partial charge is 0.341 e. The van der Waals surface area contributed by atoms with Crippen LogP contribution in [0.15, 0.2) is 54.6 Å². The van der Waals surface area contributed by atoms with Crippen molar-refractivity contribution in [2.45, 2.75) is 46.5 Å². The van der Waals surface area contributed by atoms with Gasteiger partial charge in [-0.1, -0.05) is 63.2 Å². The first-order valence-corrected chi connectivity index (χ1v) is 11.3. The van der Waals surface area contributed by atoms with Crippen molar-refractivity contribution in [3.05, 3.63) is 65.7 Å². The average Bonchev–Trinajstić information content (AvgIpc) is 2.77. The van der Waals surface area contributed by atoms with Crippen molar-refractivity contribution >= 4 is 5.97 Å². The van der Waals surface area contributed by atoms with Crippen molar-refractivity contribution in [1.82, 2.24) is 4.90 Å². The summed E-state index contributed by atoms with van der Waals surface area (Å²) in [6.07, 6.45) is 4.82. The molecule has 1 heterocycles. The van der Waals surface area contributed by atoms with Crippen molar-refractivity contribution in [1.29, 1.82) is 0 Å². The summed E-state index contributed by atoms with van der Waals surface area (Å²) in [7, 11) is 0. The van der Waals surface area contributed by atoms with E-state index in [4.69, 9.17) is 9.84 Å². The summed E-state index contributed by atoms with van der Waals surface area (Å²) in [5.41, 5.74) is 2.74. The van der Waals surface area contributed by atoms with Crippen molar-refractivity contribution < 1.29 is 14.6 Å². The number of carboxylic acids is 1. The van der Waals surface area contributed by atoms with E-state index < -0.39 is 5.97 Å². The van der Waals surface area contributed by atoms with E-state index in [9.17, 15) is 4.79 Å². The predicted molar refractivity (Wildman–Crippen MR) is 123 cm³/mol. The van der Waals surface area contributed by atoms with Gasteiger partial charge >= 0.3 is 5.97 Å². The second-order valence-corrected chi connectivity index (χ2v) is 8.07. The maximum atomic E-state index is 10.6. The van der Waals surface area contributed by atoms with Crippen molar-refractivity contribution in [3.8, 4) is 5.75 Å². The highest BCUT2D eigenvalue weighted by Crippen LogP contribution is 2.23. The average molecular weight is 412 g/mol. The molecule has 4 heteroatoms. The van der Waals surface area contributed by atoms with Gasteiger partial charge in [0.15, 0.2) is 6.61 Å². The number of benzene rings is 2. The van der Waals surface area contributed by atoms with Gasteiger partial charge in [-0.2, -0.15) is 0 Å². The standard InChI is InChI=1S/C24H31NO3.C2H6/c1-19(15-21-7-9-23(10-8-21)28-18-24(26)27)17-25-13-11-22(12-14-25)16-20-5-3-2-4-6-20;1-2/h2-10,19,22H,11-18H2,1H3,(H,26,27);1-2H3/t19-;/m1./s1. The summed E-state index contributed by atoms with van der Waals surface area (Å²) in [5.74, 6) is 1.06.